The van der Waals surface area contributed by atoms with E-state index in [0.29, 0.717) is 11.1 Å². The molecule has 1 aliphatic carbocycles. The van der Waals surface area contributed by atoms with Gasteiger partial charge in [-0.05, 0) is 60.7 Å². The highest BCUT2D eigenvalue weighted by molar-refractivity contribution is 5.98. The third-order valence-corrected chi connectivity index (χ3v) is 5.97. The quantitative estimate of drug-likeness (QED) is 0.736. The van der Waals surface area contributed by atoms with Crippen LogP contribution in [0.15, 0.2) is 42.7 Å². The maximum Gasteiger partial charge on any atom is 0.254 e. The molecule has 1 fully saturated rings. The van der Waals surface area contributed by atoms with Crippen LogP contribution >= 0.6 is 0 Å². The van der Waals surface area contributed by atoms with Gasteiger partial charge in [0.2, 0.25) is 5.91 Å². The van der Waals surface area contributed by atoms with Crippen molar-refractivity contribution in [2.24, 2.45) is 5.73 Å². The van der Waals surface area contributed by atoms with Gasteiger partial charge in [-0.15, -0.1) is 0 Å². The molecule has 3 aromatic rings. The number of fused-ring (bicyclic) bond motifs is 4. The Morgan fingerprint density at radius 2 is 2.00 bits per heavy atom. The van der Waals surface area contributed by atoms with Gasteiger partial charge in [0.15, 0.2) is 0 Å². The second-order valence-corrected chi connectivity index (χ2v) is 7.43. The number of aromatic nitrogens is 2. The molecule has 0 bridgehead atoms. The number of imidazole rings is 1. The van der Waals surface area contributed by atoms with E-state index in [1.807, 2.05) is 35.2 Å². The molecule has 2 aliphatic rings. The molecule has 136 valence electrons. The second-order valence-electron chi connectivity index (χ2n) is 7.43. The topological polar surface area (TPSA) is 92.1 Å². The van der Waals surface area contributed by atoms with Crippen molar-refractivity contribution in [3.63, 3.8) is 0 Å². The molecule has 1 saturated heterocycles. The smallest absolute Gasteiger partial charge is 0.254 e. The first-order valence-corrected chi connectivity index (χ1v) is 9.28. The van der Waals surface area contributed by atoms with Crippen LogP contribution in [-0.2, 0) is 6.42 Å². The summed E-state index contributed by atoms with van der Waals surface area (Å²) in [7, 11) is 0. The molecule has 27 heavy (non-hydrogen) atoms. The number of hydrogen-bond acceptors (Lipinski definition) is 3. The third-order valence-electron chi connectivity index (χ3n) is 5.97. The van der Waals surface area contributed by atoms with Gasteiger partial charge in [-0.2, -0.15) is 0 Å². The number of piperidine rings is 1. The van der Waals surface area contributed by atoms with Gasteiger partial charge >= 0.3 is 0 Å². The van der Waals surface area contributed by atoms with Crippen molar-refractivity contribution >= 4 is 22.8 Å². The van der Waals surface area contributed by atoms with Crippen LogP contribution in [0.2, 0.25) is 0 Å². The van der Waals surface area contributed by atoms with Crippen LogP contribution < -0.4 is 5.73 Å². The fourth-order valence-corrected chi connectivity index (χ4v) is 4.66. The van der Waals surface area contributed by atoms with E-state index in [2.05, 4.69) is 9.97 Å². The number of nitrogens with one attached hydrogen (secondary N) is 1. The number of nitrogens with zero attached hydrogens (tertiary/aromatic N) is 2. The molecule has 0 spiro atoms. The molecule has 1 aliphatic heterocycles. The molecule has 1 aromatic heterocycles. The number of nitrogens with two attached hydrogens (primary N) is 1. The summed E-state index contributed by atoms with van der Waals surface area (Å²) in [6, 6.07) is 11.4. The second kappa shape index (κ2) is 5.94. The molecule has 2 heterocycles. The van der Waals surface area contributed by atoms with E-state index in [-0.39, 0.29) is 17.9 Å². The van der Waals surface area contributed by atoms with Gasteiger partial charge in [0.1, 0.15) is 0 Å². The average Bonchev–Trinajstić information content (AvgIpc) is 3.30. The highest BCUT2D eigenvalue weighted by Crippen LogP contribution is 2.43. The lowest BCUT2D eigenvalue weighted by Crippen LogP contribution is -2.46. The summed E-state index contributed by atoms with van der Waals surface area (Å²) < 4.78 is 0. The highest BCUT2D eigenvalue weighted by atomic mass is 16.2. The Hall–Kier alpha value is -3.15. The zero-order valence-corrected chi connectivity index (χ0v) is 14.8. The number of carbonyl (C=O) groups is 2. The lowest BCUT2D eigenvalue weighted by Gasteiger charge is -2.38. The summed E-state index contributed by atoms with van der Waals surface area (Å²) in [5.41, 5.74) is 10.8. The van der Waals surface area contributed by atoms with Crippen LogP contribution in [0.4, 0.5) is 0 Å². The first-order chi connectivity index (χ1) is 13.1. The number of likely N-dealkylation sites (tertiary alicyclic amines) is 1. The van der Waals surface area contributed by atoms with Crippen LogP contribution in [0, 0.1) is 0 Å². The van der Waals surface area contributed by atoms with E-state index in [1.54, 1.807) is 12.4 Å². The molecule has 6 nitrogen and oxygen atoms in total. The van der Waals surface area contributed by atoms with Gasteiger partial charge in [-0.1, -0.05) is 6.07 Å². The SMILES string of the molecule is NC(=O)c1ccc2c(c1)[C@H]1CCCN(C(=O)c3ccc4nc[nH]c4c3)[C@H]1C2. The Morgan fingerprint density at radius 3 is 2.85 bits per heavy atom. The predicted molar refractivity (Wildman–Crippen MR) is 102 cm³/mol. The van der Waals surface area contributed by atoms with Gasteiger partial charge in [0.25, 0.3) is 5.91 Å². The minimum absolute atomic E-state index is 0.0594. The molecular formula is C21H20N4O2. The van der Waals surface area contributed by atoms with Crippen molar-refractivity contribution in [2.45, 2.75) is 31.2 Å². The van der Waals surface area contributed by atoms with Gasteiger partial charge in [0, 0.05) is 29.6 Å². The summed E-state index contributed by atoms with van der Waals surface area (Å²) in [5, 5.41) is 0. The maximum absolute atomic E-state index is 13.3. The zero-order valence-electron chi connectivity index (χ0n) is 14.8. The number of amides is 2. The largest absolute Gasteiger partial charge is 0.366 e. The van der Waals surface area contributed by atoms with Gasteiger partial charge in [-0.25, -0.2) is 4.98 Å². The zero-order chi connectivity index (χ0) is 18.5. The Bertz CT molecular complexity index is 1070. The van der Waals surface area contributed by atoms with Gasteiger partial charge in [0.05, 0.1) is 17.4 Å². The number of aromatic amines is 1. The summed E-state index contributed by atoms with van der Waals surface area (Å²) in [6.45, 7) is 0.762. The highest BCUT2D eigenvalue weighted by Gasteiger charge is 2.41. The Labute approximate surface area is 156 Å². The monoisotopic (exact) mass is 360 g/mol. The average molecular weight is 360 g/mol. The maximum atomic E-state index is 13.3. The molecule has 5 rings (SSSR count). The summed E-state index contributed by atoms with van der Waals surface area (Å²) in [4.78, 5) is 34.1. The summed E-state index contributed by atoms with van der Waals surface area (Å²) >= 11 is 0. The molecular weight excluding hydrogens is 340 g/mol. The Morgan fingerprint density at radius 1 is 1.15 bits per heavy atom. The van der Waals surface area contributed by atoms with Crippen molar-refractivity contribution in [3.8, 4) is 0 Å². The molecule has 6 heteroatoms. The third kappa shape index (κ3) is 2.51. The minimum atomic E-state index is -0.405. The lowest BCUT2D eigenvalue weighted by atomic mass is 9.87. The van der Waals surface area contributed by atoms with E-state index in [4.69, 9.17) is 5.73 Å². The number of hydrogen-bond donors (Lipinski definition) is 2. The fraction of sp³-hybridized carbons (Fsp3) is 0.286. The van der Waals surface area contributed by atoms with E-state index < -0.39 is 5.91 Å². The predicted octanol–water partition coefficient (Wildman–Crippen LogP) is 2.61. The van der Waals surface area contributed by atoms with E-state index >= 15 is 0 Å². The van der Waals surface area contributed by atoms with Crippen LogP contribution in [0.25, 0.3) is 11.0 Å². The lowest BCUT2D eigenvalue weighted by molar-refractivity contribution is 0.0595. The Kier molecular flexibility index (Phi) is 3.53. The number of primary amides is 1. The minimum Gasteiger partial charge on any atom is -0.366 e. The van der Waals surface area contributed by atoms with E-state index in [0.717, 1.165) is 36.8 Å². The Balaban J connectivity index is 1.47. The van der Waals surface area contributed by atoms with Crippen molar-refractivity contribution < 1.29 is 9.59 Å². The van der Waals surface area contributed by atoms with Crippen LogP contribution in [-0.4, -0.2) is 39.3 Å². The standard InChI is InChI=1S/C21H20N4O2/c22-20(26)13-4-3-12-10-19-15(16(12)8-13)2-1-7-25(19)21(27)14-5-6-17-18(9-14)24-11-23-17/h3-6,8-9,11,15,19H,1-2,7,10H2,(H2,22,26)(H,23,24)/t15-,19+/m1/s1. The van der Waals surface area contributed by atoms with Gasteiger partial charge in [-0.3, -0.25) is 9.59 Å². The van der Waals surface area contributed by atoms with Crippen molar-refractivity contribution in [3.05, 3.63) is 65.0 Å². The van der Waals surface area contributed by atoms with Crippen LogP contribution in [0.3, 0.4) is 0 Å². The number of carbonyl (C=O) groups excluding carboxylic acids is 2. The first-order valence-electron chi connectivity index (χ1n) is 9.28. The molecule has 0 radical (unpaired) electrons. The summed E-state index contributed by atoms with van der Waals surface area (Å²) in [5.74, 6) is -0.0742. The molecule has 2 aromatic carbocycles. The molecule has 3 N–H and O–H groups in total. The first kappa shape index (κ1) is 16.1. The molecule has 2 atom stereocenters. The number of rotatable bonds is 2. The fourth-order valence-electron chi connectivity index (χ4n) is 4.66. The molecule has 0 unspecified atom stereocenters. The van der Waals surface area contributed by atoms with Crippen molar-refractivity contribution in [2.75, 3.05) is 6.54 Å². The van der Waals surface area contributed by atoms with E-state index in [1.165, 1.54) is 11.1 Å². The molecule has 0 saturated carbocycles. The van der Waals surface area contributed by atoms with Crippen LogP contribution in [0.1, 0.15) is 50.6 Å². The number of benzene rings is 2. The number of H-pyrrole nitrogens is 1. The van der Waals surface area contributed by atoms with Crippen molar-refractivity contribution in [1.29, 1.82) is 0 Å². The van der Waals surface area contributed by atoms with Crippen LogP contribution in [0.5, 0.6) is 0 Å². The van der Waals surface area contributed by atoms with Gasteiger partial charge < -0.3 is 15.6 Å². The normalized spacial score (nSPS) is 21.1. The summed E-state index contributed by atoms with van der Waals surface area (Å²) in [6.07, 6.45) is 4.46. The molecule has 2 amide bonds. The van der Waals surface area contributed by atoms with E-state index in [9.17, 15) is 9.59 Å². The van der Waals surface area contributed by atoms with Crippen molar-refractivity contribution in [1.82, 2.24) is 14.9 Å².